The Morgan fingerprint density at radius 2 is 2.05 bits per heavy atom. The van der Waals surface area contributed by atoms with Gasteiger partial charge in [0.1, 0.15) is 0 Å². The van der Waals surface area contributed by atoms with Crippen molar-refractivity contribution in [2.75, 3.05) is 13.1 Å². The van der Waals surface area contributed by atoms with Crippen LogP contribution in [0.3, 0.4) is 0 Å². The molecule has 2 heterocycles. The number of carboxylic acid groups (broad SMARTS) is 1. The van der Waals surface area contributed by atoms with Gasteiger partial charge in [-0.2, -0.15) is 0 Å². The fourth-order valence-corrected chi connectivity index (χ4v) is 4.44. The van der Waals surface area contributed by atoms with E-state index in [0.717, 1.165) is 17.7 Å². The van der Waals surface area contributed by atoms with Gasteiger partial charge in [-0.25, -0.2) is 4.79 Å². The van der Waals surface area contributed by atoms with Crippen molar-refractivity contribution in [1.29, 1.82) is 0 Å². The van der Waals surface area contributed by atoms with Crippen molar-refractivity contribution in [3.63, 3.8) is 0 Å². The first-order valence-corrected chi connectivity index (χ1v) is 8.57. The maximum atomic E-state index is 12.6. The first-order chi connectivity index (χ1) is 10.4. The highest BCUT2D eigenvalue weighted by atomic mass is 32.1. The number of rotatable bonds is 2. The lowest BCUT2D eigenvalue weighted by molar-refractivity contribution is -0.162. The number of amides is 1. The minimum atomic E-state index is -1.68. The summed E-state index contributed by atoms with van der Waals surface area (Å²) in [5.41, 5.74) is -0.382. The van der Waals surface area contributed by atoms with Crippen molar-refractivity contribution in [3.05, 3.63) is 21.4 Å². The Morgan fingerprint density at radius 1 is 1.36 bits per heavy atom. The molecular weight excluding hydrogens is 302 g/mol. The van der Waals surface area contributed by atoms with Crippen molar-refractivity contribution in [1.82, 2.24) is 4.90 Å². The number of carbonyl (C=O) groups excluding carboxylic acids is 1. The largest absolute Gasteiger partial charge is 0.479 e. The Bertz CT molecular complexity index is 601. The molecular formula is C16H21NO4S. The molecule has 22 heavy (non-hydrogen) atoms. The summed E-state index contributed by atoms with van der Waals surface area (Å²) < 4.78 is 0. The third-order valence-electron chi connectivity index (χ3n) is 4.82. The summed E-state index contributed by atoms with van der Waals surface area (Å²) in [6.07, 6.45) is 3.45. The monoisotopic (exact) mass is 323 g/mol. The fourth-order valence-electron chi connectivity index (χ4n) is 3.26. The van der Waals surface area contributed by atoms with E-state index in [1.54, 1.807) is 16.2 Å². The maximum Gasteiger partial charge on any atom is 0.335 e. The molecule has 1 unspecified atom stereocenters. The number of aliphatic carboxylic acids is 1. The molecule has 2 aliphatic rings. The molecule has 1 fully saturated rings. The van der Waals surface area contributed by atoms with Crippen LogP contribution in [0.2, 0.25) is 0 Å². The van der Waals surface area contributed by atoms with E-state index in [1.807, 2.05) is 6.07 Å². The molecule has 1 aromatic heterocycles. The summed E-state index contributed by atoms with van der Waals surface area (Å²) in [5.74, 6) is -0.551. The van der Waals surface area contributed by atoms with Gasteiger partial charge in [0.15, 0.2) is 5.60 Å². The predicted molar refractivity (Wildman–Crippen MR) is 83.2 cm³/mol. The molecule has 1 amide bonds. The zero-order valence-corrected chi connectivity index (χ0v) is 13.5. The number of fused-ring (bicyclic) bond motifs is 1. The van der Waals surface area contributed by atoms with Gasteiger partial charge in [0.2, 0.25) is 0 Å². The molecule has 1 saturated heterocycles. The van der Waals surface area contributed by atoms with Crippen LogP contribution < -0.4 is 0 Å². The van der Waals surface area contributed by atoms with Gasteiger partial charge in [0, 0.05) is 30.8 Å². The number of piperidine rings is 1. The van der Waals surface area contributed by atoms with E-state index >= 15 is 0 Å². The number of likely N-dealkylation sites (tertiary alicyclic amines) is 1. The Balaban J connectivity index is 1.69. The topological polar surface area (TPSA) is 77.8 Å². The van der Waals surface area contributed by atoms with Gasteiger partial charge in [0.25, 0.3) is 5.91 Å². The Hall–Kier alpha value is -1.40. The molecule has 0 aromatic carbocycles. The first-order valence-electron chi connectivity index (χ1n) is 7.76. The minimum Gasteiger partial charge on any atom is -0.479 e. The molecule has 2 N–H and O–H groups in total. The van der Waals surface area contributed by atoms with Crippen molar-refractivity contribution >= 4 is 23.2 Å². The standard InChI is InChI=1S/C16H21NO4S/c1-10-2-3-12-11(8-10)9-13(22-12)14(18)17-6-4-16(21,5-7-17)15(19)20/h9-10,21H,2-8H2,1H3,(H,19,20). The van der Waals surface area contributed by atoms with Gasteiger partial charge in [0.05, 0.1) is 4.88 Å². The van der Waals surface area contributed by atoms with E-state index in [0.29, 0.717) is 19.0 Å². The normalized spacial score (nSPS) is 23.9. The number of carboxylic acids is 1. The van der Waals surface area contributed by atoms with E-state index in [9.17, 15) is 14.7 Å². The lowest BCUT2D eigenvalue weighted by Gasteiger charge is -2.35. The zero-order chi connectivity index (χ0) is 15.9. The second-order valence-corrected chi connectivity index (χ2v) is 7.67. The van der Waals surface area contributed by atoms with Gasteiger partial charge in [-0.1, -0.05) is 6.92 Å². The van der Waals surface area contributed by atoms with E-state index < -0.39 is 11.6 Å². The summed E-state index contributed by atoms with van der Waals surface area (Å²) in [6, 6.07) is 2.01. The van der Waals surface area contributed by atoms with Gasteiger partial charge in [-0.3, -0.25) is 4.79 Å². The van der Waals surface area contributed by atoms with Gasteiger partial charge in [-0.15, -0.1) is 11.3 Å². The van der Waals surface area contributed by atoms with Gasteiger partial charge < -0.3 is 15.1 Å². The second kappa shape index (κ2) is 5.66. The Kier molecular flexibility index (Phi) is 3.99. The lowest BCUT2D eigenvalue weighted by Crippen LogP contribution is -2.50. The Labute approximate surface area is 133 Å². The molecule has 1 aliphatic heterocycles. The average molecular weight is 323 g/mol. The summed E-state index contributed by atoms with van der Waals surface area (Å²) in [7, 11) is 0. The third-order valence-corrected chi connectivity index (χ3v) is 6.04. The third kappa shape index (κ3) is 2.77. The van der Waals surface area contributed by atoms with Crippen LogP contribution in [0.25, 0.3) is 0 Å². The number of aryl methyl sites for hydroxylation is 1. The van der Waals surface area contributed by atoms with Crippen LogP contribution >= 0.6 is 11.3 Å². The zero-order valence-electron chi connectivity index (χ0n) is 12.7. The fraction of sp³-hybridized carbons (Fsp3) is 0.625. The molecule has 0 spiro atoms. The van der Waals surface area contributed by atoms with Crippen LogP contribution in [-0.2, 0) is 17.6 Å². The summed E-state index contributed by atoms with van der Waals surface area (Å²) in [6.45, 7) is 2.82. The average Bonchev–Trinajstić information content (AvgIpc) is 2.90. The smallest absolute Gasteiger partial charge is 0.335 e. The number of aliphatic hydroxyl groups is 1. The van der Waals surface area contributed by atoms with Crippen LogP contribution in [-0.4, -0.2) is 45.7 Å². The molecule has 5 nitrogen and oxygen atoms in total. The van der Waals surface area contributed by atoms with Crippen molar-refractivity contribution in [2.24, 2.45) is 5.92 Å². The molecule has 0 radical (unpaired) electrons. The van der Waals surface area contributed by atoms with Crippen LogP contribution in [0.1, 0.15) is 46.3 Å². The van der Waals surface area contributed by atoms with Gasteiger partial charge >= 0.3 is 5.97 Å². The number of hydrogen-bond acceptors (Lipinski definition) is 4. The van der Waals surface area contributed by atoms with E-state index in [4.69, 9.17) is 5.11 Å². The second-order valence-electron chi connectivity index (χ2n) is 6.54. The lowest BCUT2D eigenvalue weighted by atomic mass is 9.90. The molecule has 120 valence electrons. The quantitative estimate of drug-likeness (QED) is 0.872. The van der Waals surface area contributed by atoms with Crippen LogP contribution in [0, 0.1) is 5.92 Å². The van der Waals surface area contributed by atoms with Crippen LogP contribution in [0.4, 0.5) is 0 Å². The van der Waals surface area contributed by atoms with Gasteiger partial charge in [-0.05, 0) is 36.8 Å². The summed E-state index contributed by atoms with van der Waals surface area (Å²) >= 11 is 1.58. The highest BCUT2D eigenvalue weighted by molar-refractivity contribution is 7.14. The van der Waals surface area contributed by atoms with E-state index in [-0.39, 0.29) is 18.7 Å². The minimum absolute atomic E-state index is 0.0282. The number of hydrogen-bond donors (Lipinski definition) is 2. The van der Waals surface area contributed by atoms with Crippen LogP contribution in [0.15, 0.2) is 6.07 Å². The molecule has 3 rings (SSSR count). The SMILES string of the molecule is CC1CCc2sc(C(=O)N3CCC(O)(C(=O)O)CC3)cc2C1. The number of nitrogens with zero attached hydrogens (tertiary/aromatic N) is 1. The summed E-state index contributed by atoms with van der Waals surface area (Å²) in [4.78, 5) is 27.4. The Morgan fingerprint density at radius 3 is 2.68 bits per heavy atom. The molecule has 6 heteroatoms. The van der Waals surface area contributed by atoms with E-state index in [1.165, 1.54) is 16.9 Å². The highest BCUT2D eigenvalue weighted by Crippen LogP contribution is 2.33. The van der Waals surface area contributed by atoms with Crippen LogP contribution in [0.5, 0.6) is 0 Å². The van der Waals surface area contributed by atoms with Crippen molar-refractivity contribution < 1.29 is 19.8 Å². The molecule has 0 bridgehead atoms. The number of thiophene rings is 1. The maximum absolute atomic E-state index is 12.6. The highest BCUT2D eigenvalue weighted by Gasteiger charge is 2.40. The molecule has 1 atom stereocenters. The molecule has 1 aromatic rings. The molecule has 0 saturated carbocycles. The van der Waals surface area contributed by atoms with E-state index in [2.05, 4.69) is 6.92 Å². The first kappa shape index (κ1) is 15.5. The van der Waals surface area contributed by atoms with Crippen molar-refractivity contribution in [3.8, 4) is 0 Å². The predicted octanol–water partition coefficient (Wildman–Crippen LogP) is 1.92. The molecule has 1 aliphatic carbocycles. The number of carbonyl (C=O) groups is 2. The summed E-state index contributed by atoms with van der Waals surface area (Å²) in [5, 5.41) is 19.0. The van der Waals surface area contributed by atoms with Crippen molar-refractivity contribution in [2.45, 2.75) is 44.6 Å².